The zero-order valence-corrected chi connectivity index (χ0v) is 21.3. The lowest BCUT2D eigenvalue weighted by Gasteiger charge is -2.24. The molecule has 4 atom stereocenters. The second kappa shape index (κ2) is 12.0. The largest absolute Gasteiger partial charge is 0.465 e. The van der Waals surface area contributed by atoms with Gasteiger partial charge in [0.15, 0.2) is 17.4 Å². The third-order valence-electron chi connectivity index (χ3n) is 5.26. The molecular formula is C20H27FN7O9P. The summed E-state index contributed by atoms with van der Waals surface area (Å²) in [6, 6.07) is 0. The molecule has 1 saturated heterocycles. The molecule has 3 unspecified atom stereocenters. The van der Waals surface area contributed by atoms with Gasteiger partial charge in [0, 0.05) is 0 Å². The second-order valence-corrected chi connectivity index (χ2v) is 9.78. The van der Waals surface area contributed by atoms with Crippen LogP contribution in [-0.4, -0.2) is 87.4 Å². The second-order valence-electron chi connectivity index (χ2n) is 7.79. The van der Waals surface area contributed by atoms with Crippen LogP contribution in [0.5, 0.6) is 0 Å². The Morgan fingerprint density at radius 2 is 1.95 bits per heavy atom. The van der Waals surface area contributed by atoms with E-state index in [0.29, 0.717) is 0 Å². The standard InChI is InChI=1S/C20H27FN7O9P/c1-4-20(21)15(31)11(37-18(20)28-10-23-14-16(28)26-19(22)27-17(14)32)9-36-38(33,24-7-12(29)34-5-2)25-8-13(30)35-6-3/h1,10-11,15,18,31H,5-9H2,2-3H3,(H2,24,25,33)(H3,22,26,27,32)/t11?,15?,18?,20-/m0/s1. The number of carbonyl (C=O) groups is 2. The molecule has 0 radical (unpaired) electrons. The van der Waals surface area contributed by atoms with E-state index in [1.807, 2.05) is 5.92 Å². The van der Waals surface area contributed by atoms with Gasteiger partial charge in [-0.2, -0.15) is 4.98 Å². The van der Waals surface area contributed by atoms with Gasteiger partial charge in [-0.1, -0.05) is 5.92 Å². The van der Waals surface area contributed by atoms with E-state index in [2.05, 4.69) is 25.1 Å². The van der Waals surface area contributed by atoms with Crippen molar-refractivity contribution in [1.29, 1.82) is 0 Å². The van der Waals surface area contributed by atoms with Gasteiger partial charge in [-0.25, -0.2) is 19.5 Å². The monoisotopic (exact) mass is 559 g/mol. The number of H-pyrrole nitrogens is 1. The summed E-state index contributed by atoms with van der Waals surface area (Å²) in [6.45, 7) is 1.39. The highest BCUT2D eigenvalue weighted by Gasteiger charge is 2.58. The average molecular weight is 559 g/mol. The summed E-state index contributed by atoms with van der Waals surface area (Å²) in [5.74, 6) is 0.0246. The number of fused-ring (bicyclic) bond motifs is 1. The molecule has 0 aliphatic carbocycles. The number of imidazole rings is 1. The van der Waals surface area contributed by atoms with Crippen molar-refractivity contribution in [2.75, 3.05) is 38.6 Å². The number of nitrogen functional groups attached to an aromatic ring is 1. The number of carbonyl (C=O) groups excluding carboxylic acids is 2. The third kappa shape index (κ3) is 6.18. The minimum atomic E-state index is -4.20. The maximum atomic E-state index is 15.9. The molecule has 1 aliphatic rings. The summed E-state index contributed by atoms with van der Waals surface area (Å²) in [6.07, 6.45) is 1.15. The lowest BCUT2D eigenvalue weighted by atomic mass is 9.97. The molecule has 2 aromatic rings. The molecule has 0 bridgehead atoms. The first-order chi connectivity index (χ1) is 18.0. The Bertz CT molecular complexity index is 1300. The number of nitrogens with one attached hydrogen (secondary N) is 3. The zero-order valence-electron chi connectivity index (χ0n) is 20.4. The number of aromatic amines is 1. The van der Waals surface area contributed by atoms with Gasteiger partial charge in [-0.3, -0.25) is 28.5 Å². The van der Waals surface area contributed by atoms with Gasteiger partial charge < -0.3 is 29.6 Å². The van der Waals surface area contributed by atoms with E-state index < -0.39 is 69.0 Å². The minimum Gasteiger partial charge on any atom is -0.465 e. The number of hydrogen-bond donors (Lipinski definition) is 5. The fraction of sp³-hybridized carbons (Fsp3) is 0.550. The number of esters is 2. The Morgan fingerprint density at radius 1 is 1.34 bits per heavy atom. The van der Waals surface area contributed by atoms with E-state index >= 15 is 4.39 Å². The summed E-state index contributed by atoms with van der Waals surface area (Å²) < 4.78 is 50.6. The molecule has 18 heteroatoms. The molecular weight excluding hydrogens is 532 g/mol. The summed E-state index contributed by atoms with van der Waals surface area (Å²) in [7, 11) is -4.20. The Labute approximate surface area is 214 Å². The number of alkyl halides is 1. The van der Waals surface area contributed by atoms with Crippen LogP contribution in [0.4, 0.5) is 10.3 Å². The molecule has 0 spiro atoms. The highest BCUT2D eigenvalue weighted by Crippen LogP contribution is 2.44. The maximum absolute atomic E-state index is 15.9. The predicted octanol–water partition coefficient (Wildman–Crippen LogP) is -1.27. The van der Waals surface area contributed by atoms with E-state index in [4.69, 9.17) is 30.9 Å². The van der Waals surface area contributed by atoms with Crippen LogP contribution in [0.1, 0.15) is 20.1 Å². The number of anilines is 1. The molecule has 208 valence electrons. The minimum absolute atomic E-state index is 0.0609. The van der Waals surface area contributed by atoms with Gasteiger partial charge in [0.05, 0.1) is 26.1 Å². The Kier molecular flexibility index (Phi) is 9.20. The lowest BCUT2D eigenvalue weighted by Crippen LogP contribution is -2.42. The van der Waals surface area contributed by atoms with Gasteiger partial charge in [0.1, 0.15) is 25.3 Å². The van der Waals surface area contributed by atoms with E-state index in [1.54, 1.807) is 13.8 Å². The van der Waals surface area contributed by atoms with E-state index in [0.717, 1.165) is 10.9 Å². The van der Waals surface area contributed by atoms with Crippen molar-refractivity contribution in [3.63, 3.8) is 0 Å². The van der Waals surface area contributed by atoms with Crippen molar-refractivity contribution in [3.05, 3.63) is 16.7 Å². The van der Waals surface area contributed by atoms with Crippen molar-refractivity contribution in [2.45, 2.75) is 38.0 Å². The van der Waals surface area contributed by atoms with E-state index in [1.165, 1.54) is 0 Å². The van der Waals surface area contributed by atoms with Gasteiger partial charge in [-0.15, -0.1) is 6.42 Å². The molecule has 16 nitrogen and oxygen atoms in total. The molecule has 3 heterocycles. The SMILES string of the molecule is C#C[C@]1(F)C(O)C(COP(=O)(NCC(=O)OCC)NCC(=O)OCC)OC1n1cnc2c(=O)[nH]c(N)nc21. The maximum Gasteiger partial charge on any atom is 0.341 e. The molecule has 1 aliphatic heterocycles. The number of hydrogen-bond acceptors (Lipinski definition) is 12. The summed E-state index contributed by atoms with van der Waals surface area (Å²) >= 11 is 0. The number of ether oxygens (including phenoxy) is 3. The highest BCUT2D eigenvalue weighted by atomic mass is 31.2. The average Bonchev–Trinajstić information content (AvgIpc) is 3.40. The highest BCUT2D eigenvalue weighted by molar-refractivity contribution is 7.54. The molecule has 0 aromatic carbocycles. The molecule has 6 N–H and O–H groups in total. The Hall–Kier alpha value is -3.39. The Morgan fingerprint density at radius 3 is 2.50 bits per heavy atom. The van der Waals surface area contributed by atoms with Crippen LogP contribution < -0.4 is 21.5 Å². The zero-order chi connectivity index (χ0) is 28.1. The van der Waals surface area contributed by atoms with Crippen LogP contribution in [0.2, 0.25) is 0 Å². The number of aromatic nitrogens is 4. The van der Waals surface area contributed by atoms with E-state index in [9.17, 15) is 24.1 Å². The van der Waals surface area contributed by atoms with Crippen LogP contribution in [0.25, 0.3) is 11.2 Å². The number of nitrogens with zero attached hydrogens (tertiary/aromatic N) is 3. The first-order valence-corrected chi connectivity index (χ1v) is 12.9. The fourth-order valence-electron chi connectivity index (χ4n) is 3.51. The predicted molar refractivity (Wildman–Crippen MR) is 128 cm³/mol. The van der Waals surface area contributed by atoms with Crippen LogP contribution in [-0.2, 0) is 32.9 Å². The number of terminal acetylenes is 1. The number of halogens is 1. The van der Waals surface area contributed by atoms with Crippen LogP contribution >= 0.6 is 7.67 Å². The molecule has 0 amide bonds. The molecule has 3 rings (SSSR count). The summed E-state index contributed by atoms with van der Waals surface area (Å²) in [4.78, 5) is 45.6. The molecule has 2 aromatic heterocycles. The molecule has 38 heavy (non-hydrogen) atoms. The van der Waals surface area contributed by atoms with Gasteiger partial charge in [0.2, 0.25) is 11.6 Å². The lowest BCUT2D eigenvalue weighted by molar-refractivity contribution is -0.142. The number of aliphatic hydroxyl groups is 1. The van der Waals surface area contributed by atoms with Crippen molar-refractivity contribution in [3.8, 4) is 12.3 Å². The molecule has 0 saturated carbocycles. The molecule has 1 fully saturated rings. The summed E-state index contributed by atoms with van der Waals surface area (Å²) in [5, 5.41) is 15.3. The fourth-order valence-corrected chi connectivity index (χ4v) is 4.84. The topological polar surface area (TPSA) is 222 Å². The van der Waals surface area contributed by atoms with Crippen molar-refractivity contribution < 1.29 is 42.4 Å². The van der Waals surface area contributed by atoms with E-state index in [-0.39, 0.29) is 30.3 Å². The van der Waals surface area contributed by atoms with Gasteiger partial charge >= 0.3 is 19.6 Å². The number of nitrogens with two attached hydrogens (primary N) is 1. The first kappa shape index (κ1) is 29.2. The number of rotatable bonds is 12. The van der Waals surface area contributed by atoms with Crippen molar-refractivity contribution >= 4 is 36.7 Å². The quantitative estimate of drug-likeness (QED) is 0.116. The summed E-state index contributed by atoms with van der Waals surface area (Å²) in [5.41, 5.74) is 1.65. The first-order valence-electron chi connectivity index (χ1n) is 11.3. The van der Waals surface area contributed by atoms with Crippen LogP contribution in [0.3, 0.4) is 0 Å². The van der Waals surface area contributed by atoms with Gasteiger partial charge in [-0.05, 0) is 13.8 Å². The van der Waals surface area contributed by atoms with Crippen molar-refractivity contribution in [1.82, 2.24) is 29.7 Å². The number of aliphatic hydroxyl groups excluding tert-OH is 1. The normalized spacial score (nSPS) is 23.3. The van der Waals surface area contributed by atoms with Crippen LogP contribution in [0.15, 0.2) is 11.1 Å². The van der Waals surface area contributed by atoms with Crippen molar-refractivity contribution in [2.24, 2.45) is 0 Å². The third-order valence-corrected chi connectivity index (χ3v) is 6.93. The van der Waals surface area contributed by atoms with Gasteiger partial charge in [0.25, 0.3) is 5.56 Å². The van der Waals surface area contributed by atoms with Crippen LogP contribution in [0, 0.1) is 12.3 Å². The Balaban J connectivity index is 1.82. The smallest absolute Gasteiger partial charge is 0.341 e.